The van der Waals surface area contributed by atoms with Crippen molar-refractivity contribution in [1.29, 1.82) is 0 Å². The van der Waals surface area contributed by atoms with Gasteiger partial charge >= 0.3 is 0 Å². The van der Waals surface area contributed by atoms with E-state index in [0.29, 0.717) is 11.5 Å². The molecule has 12 heavy (non-hydrogen) atoms. The van der Waals surface area contributed by atoms with Gasteiger partial charge in [0.1, 0.15) is 17.5 Å². The Balaban J connectivity index is 2.35. The molecule has 0 amide bonds. The van der Waals surface area contributed by atoms with E-state index < -0.39 is 4.84 Å². The molecule has 2 heterocycles. The first kappa shape index (κ1) is 7.89. The number of amidine groups is 1. The number of aliphatic imine (C=N–C) groups is 4. The first-order chi connectivity index (χ1) is 5.79. The monoisotopic (exact) mass is 202 g/mol. The number of nitrogens with zero attached hydrogens (tertiary/aromatic N) is 4. The molecule has 0 aromatic heterocycles. The predicted octanol–water partition coefficient (Wildman–Crippen LogP) is 1.08. The summed E-state index contributed by atoms with van der Waals surface area (Å²) in [6.07, 6.45) is 2.82. The molecule has 2 aliphatic rings. The fourth-order valence-corrected chi connectivity index (χ4v) is 1.36. The molecule has 0 fully saturated rings. The SMILES string of the molecule is ClC(Cl)C1=NC=NC2=NC=NC21. The Morgan fingerprint density at radius 1 is 1.25 bits per heavy atom. The Morgan fingerprint density at radius 3 is 2.83 bits per heavy atom. The van der Waals surface area contributed by atoms with Crippen LogP contribution in [0.4, 0.5) is 0 Å². The summed E-state index contributed by atoms with van der Waals surface area (Å²) in [5, 5.41) is 0. The Labute approximate surface area is 78.7 Å². The van der Waals surface area contributed by atoms with Crippen molar-refractivity contribution in [2.24, 2.45) is 20.0 Å². The van der Waals surface area contributed by atoms with Crippen LogP contribution in [0.15, 0.2) is 20.0 Å². The summed E-state index contributed by atoms with van der Waals surface area (Å²) in [6, 6.07) is -0.269. The summed E-state index contributed by atoms with van der Waals surface area (Å²) >= 11 is 11.3. The first-order valence-corrected chi connectivity index (χ1v) is 4.14. The zero-order valence-electron chi connectivity index (χ0n) is 5.85. The van der Waals surface area contributed by atoms with Crippen molar-refractivity contribution in [3.05, 3.63) is 0 Å². The van der Waals surface area contributed by atoms with Crippen LogP contribution in [0.1, 0.15) is 0 Å². The Morgan fingerprint density at radius 2 is 2.08 bits per heavy atom. The maximum atomic E-state index is 5.67. The summed E-state index contributed by atoms with van der Waals surface area (Å²) in [7, 11) is 0. The zero-order valence-corrected chi connectivity index (χ0v) is 7.37. The molecule has 4 nitrogen and oxygen atoms in total. The molecule has 1 atom stereocenters. The fraction of sp³-hybridized carbons (Fsp3) is 0.333. The maximum Gasteiger partial charge on any atom is 0.162 e. The number of fused-ring (bicyclic) bond motifs is 1. The second kappa shape index (κ2) is 2.95. The minimum Gasteiger partial charge on any atom is -0.256 e. The van der Waals surface area contributed by atoms with Crippen molar-refractivity contribution < 1.29 is 0 Å². The van der Waals surface area contributed by atoms with Crippen molar-refractivity contribution in [2.75, 3.05) is 0 Å². The van der Waals surface area contributed by atoms with Crippen LogP contribution >= 0.6 is 23.2 Å². The lowest BCUT2D eigenvalue weighted by molar-refractivity contribution is 1.12. The molecule has 6 heteroatoms. The quantitative estimate of drug-likeness (QED) is 0.572. The Hall–Kier alpha value is -0.740. The van der Waals surface area contributed by atoms with E-state index in [1.165, 1.54) is 12.7 Å². The third kappa shape index (κ3) is 1.17. The Kier molecular flexibility index (Phi) is 1.94. The molecule has 2 aliphatic heterocycles. The lowest BCUT2D eigenvalue weighted by Gasteiger charge is -2.13. The number of alkyl halides is 2. The van der Waals surface area contributed by atoms with E-state index in [-0.39, 0.29) is 6.04 Å². The van der Waals surface area contributed by atoms with E-state index in [9.17, 15) is 0 Å². The van der Waals surface area contributed by atoms with Gasteiger partial charge in [0, 0.05) is 0 Å². The number of hydrogen-bond donors (Lipinski definition) is 0. The van der Waals surface area contributed by atoms with Crippen molar-refractivity contribution >= 4 is 47.4 Å². The van der Waals surface area contributed by atoms with Gasteiger partial charge in [0.15, 0.2) is 11.9 Å². The average molecular weight is 203 g/mol. The fourth-order valence-electron chi connectivity index (χ4n) is 1.01. The molecule has 0 radical (unpaired) electrons. The van der Waals surface area contributed by atoms with Gasteiger partial charge in [0.25, 0.3) is 0 Å². The number of hydrogen-bond acceptors (Lipinski definition) is 4. The Bertz CT molecular complexity index is 316. The van der Waals surface area contributed by atoms with E-state index in [0.717, 1.165) is 0 Å². The summed E-state index contributed by atoms with van der Waals surface area (Å²) in [5.41, 5.74) is 0.584. The van der Waals surface area contributed by atoms with Gasteiger partial charge in [-0.05, 0) is 0 Å². The van der Waals surface area contributed by atoms with Crippen LogP contribution in [0.3, 0.4) is 0 Å². The van der Waals surface area contributed by atoms with Gasteiger partial charge in [-0.3, -0.25) is 4.99 Å². The number of rotatable bonds is 1. The molecule has 62 valence electrons. The second-order valence-electron chi connectivity index (χ2n) is 2.25. The van der Waals surface area contributed by atoms with Crippen molar-refractivity contribution in [3.8, 4) is 0 Å². The molecule has 0 aromatic carbocycles. The highest BCUT2D eigenvalue weighted by Gasteiger charge is 2.29. The van der Waals surface area contributed by atoms with Gasteiger partial charge in [-0.25, -0.2) is 15.0 Å². The lowest BCUT2D eigenvalue weighted by Crippen LogP contribution is -2.32. The van der Waals surface area contributed by atoms with Crippen molar-refractivity contribution in [1.82, 2.24) is 0 Å². The third-order valence-electron chi connectivity index (χ3n) is 1.55. The maximum absolute atomic E-state index is 5.67. The highest BCUT2D eigenvalue weighted by molar-refractivity contribution is 6.56. The first-order valence-electron chi connectivity index (χ1n) is 3.26. The number of halogens is 2. The highest BCUT2D eigenvalue weighted by atomic mass is 35.5. The summed E-state index contributed by atoms with van der Waals surface area (Å²) in [4.78, 5) is 15.1. The van der Waals surface area contributed by atoms with Gasteiger partial charge in [0.2, 0.25) is 0 Å². The van der Waals surface area contributed by atoms with E-state index in [1.54, 1.807) is 0 Å². The molecule has 2 rings (SSSR count). The standard InChI is InChI=1S/C6H4Cl2N4/c7-5(8)3-4-6(11-1-9-3)12-2-10-4/h1-2,4-5H. The van der Waals surface area contributed by atoms with Crippen molar-refractivity contribution in [3.63, 3.8) is 0 Å². The molecule has 0 spiro atoms. The summed E-state index contributed by atoms with van der Waals surface area (Å²) < 4.78 is 0. The van der Waals surface area contributed by atoms with E-state index in [2.05, 4.69) is 20.0 Å². The molecule has 0 aromatic rings. The molecule has 0 bridgehead atoms. The lowest BCUT2D eigenvalue weighted by atomic mass is 10.2. The smallest absolute Gasteiger partial charge is 0.162 e. The normalized spacial score (nSPS) is 25.8. The molecular weight excluding hydrogens is 199 g/mol. The van der Waals surface area contributed by atoms with Crippen LogP contribution in [-0.2, 0) is 0 Å². The van der Waals surface area contributed by atoms with Gasteiger partial charge < -0.3 is 0 Å². The largest absolute Gasteiger partial charge is 0.256 e. The van der Waals surface area contributed by atoms with E-state index in [1.807, 2.05) is 0 Å². The van der Waals surface area contributed by atoms with Gasteiger partial charge in [-0.2, -0.15) is 0 Å². The average Bonchev–Trinajstić information content (AvgIpc) is 2.49. The second-order valence-corrected chi connectivity index (χ2v) is 3.35. The van der Waals surface area contributed by atoms with E-state index in [4.69, 9.17) is 23.2 Å². The molecule has 1 unspecified atom stereocenters. The van der Waals surface area contributed by atoms with Gasteiger partial charge in [-0.15, -0.1) is 0 Å². The summed E-state index contributed by atoms with van der Waals surface area (Å²) in [6.45, 7) is 0. The highest BCUT2D eigenvalue weighted by Crippen LogP contribution is 2.16. The van der Waals surface area contributed by atoms with Gasteiger partial charge in [0.05, 0.1) is 5.71 Å². The molecule has 0 saturated heterocycles. The van der Waals surface area contributed by atoms with Crippen molar-refractivity contribution in [2.45, 2.75) is 10.9 Å². The van der Waals surface area contributed by atoms with Crippen LogP contribution in [0.5, 0.6) is 0 Å². The van der Waals surface area contributed by atoms with Crippen LogP contribution in [0.25, 0.3) is 0 Å². The molecule has 0 N–H and O–H groups in total. The molecule has 0 saturated carbocycles. The third-order valence-corrected chi connectivity index (χ3v) is 2.00. The molecule has 0 aliphatic carbocycles. The van der Waals surface area contributed by atoms with Crippen LogP contribution in [0, 0.1) is 0 Å². The summed E-state index contributed by atoms with van der Waals surface area (Å²) in [5.74, 6) is 0.603. The minimum atomic E-state index is -0.651. The topological polar surface area (TPSA) is 49.4 Å². The minimum absolute atomic E-state index is 0.269. The zero-order chi connectivity index (χ0) is 8.55. The van der Waals surface area contributed by atoms with Gasteiger partial charge in [-0.1, -0.05) is 23.2 Å². The molecular formula is C6H4Cl2N4. The van der Waals surface area contributed by atoms with Crippen LogP contribution in [0.2, 0.25) is 0 Å². The van der Waals surface area contributed by atoms with E-state index >= 15 is 0 Å². The predicted molar refractivity (Wildman–Crippen MR) is 51.1 cm³/mol. The van der Waals surface area contributed by atoms with Crippen LogP contribution < -0.4 is 0 Å². The van der Waals surface area contributed by atoms with Crippen LogP contribution in [-0.4, -0.2) is 35.1 Å².